The molecule has 18 heavy (non-hydrogen) atoms. The molecule has 0 amide bonds. The number of rotatable bonds is 8. The first-order valence-electron chi connectivity index (χ1n) is 7.05. The van der Waals surface area contributed by atoms with Crippen molar-refractivity contribution < 1.29 is 4.74 Å². The molecule has 1 aromatic rings. The van der Waals surface area contributed by atoms with Gasteiger partial charge in [-0.15, -0.1) is 0 Å². The predicted octanol–water partition coefficient (Wildman–Crippen LogP) is 4.93. The smallest absolute Gasteiger partial charge is 0.122 e. The molecule has 0 aliphatic carbocycles. The van der Waals surface area contributed by atoms with E-state index in [9.17, 15) is 0 Å². The SMILES string of the molecule is CCCC(CS)COc1ccccc1C(C)CC. The number of para-hydroxylation sites is 1. The lowest BCUT2D eigenvalue weighted by Crippen LogP contribution is -2.14. The Hall–Kier alpha value is -0.630. The Morgan fingerprint density at radius 3 is 2.56 bits per heavy atom. The second kappa shape index (κ2) is 8.47. The first kappa shape index (κ1) is 15.4. The number of hydrogen-bond acceptors (Lipinski definition) is 2. The Labute approximate surface area is 117 Å². The number of benzene rings is 1. The molecule has 0 aromatic heterocycles. The fraction of sp³-hybridized carbons (Fsp3) is 0.625. The van der Waals surface area contributed by atoms with Gasteiger partial charge in [-0.25, -0.2) is 0 Å². The van der Waals surface area contributed by atoms with E-state index < -0.39 is 0 Å². The minimum Gasteiger partial charge on any atom is -0.493 e. The van der Waals surface area contributed by atoms with Crippen molar-refractivity contribution in [3.63, 3.8) is 0 Å². The quantitative estimate of drug-likeness (QED) is 0.657. The number of hydrogen-bond donors (Lipinski definition) is 1. The minimum atomic E-state index is 0.557. The van der Waals surface area contributed by atoms with Crippen LogP contribution in [0.4, 0.5) is 0 Å². The monoisotopic (exact) mass is 266 g/mol. The maximum atomic E-state index is 6.02. The maximum absolute atomic E-state index is 6.02. The summed E-state index contributed by atoms with van der Waals surface area (Å²) >= 11 is 4.40. The highest BCUT2D eigenvalue weighted by Gasteiger charge is 2.11. The zero-order valence-corrected chi connectivity index (χ0v) is 12.7. The molecule has 0 saturated heterocycles. The molecule has 0 aliphatic heterocycles. The lowest BCUT2D eigenvalue weighted by molar-refractivity contribution is 0.251. The van der Waals surface area contributed by atoms with Crippen molar-refractivity contribution in [3.8, 4) is 5.75 Å². The molecule has 0 heterocycles. The van der Waals surface area contributed by atoms with Crippen LogP contribution in [0.3, 0.4) is 0 Å². The predicted molar refractivity (Wildman–Crippen MR) is 82.9 cm³/mol. The van der Waals surface area contributed by atoms with Crippen LogP contribution in [0, 0.1) is 5.92 Å². The summed E-state index contributed by atoms with van der Waals surface area (Å²) in [7, 11) is 0. The lowest BCUT2D eigenvalue weighted by Gasteiger charge is -2.19. The third-order valence-electron chi connectivity index (χ3n) is 3.49. The van der Waals surface area contributed by atoms with Crippen LogP contribution in [0.25, 0.3) is 0 Å². The molecular weight excluding hydrogens is 240 g/mol. The highest BCUT2D eigenvalue weighted by atomic mass is 32.1. The molecule has 2 unspecified atom stereocenters. The van der Waals surface area contributed by atoms with Crippen molar-refractivity contribution in [1.29, 1.82) is 0 Å². The van der Waals surface area contributed by atoms with Gasteiger partial charge in [0.05, 0.1) is 6.61 Å². The molecule has 0 bridgehead atoms. The topological polar surface area (TPSA) is 9.23 Å². The Morgan fingerprint density at radius 2 is 1.94 bits per heavy atom. The van der Waals surface area contributed by atoms with Crippen molar-refractivity contribution in [2.24, 2.45) is 5.92 Å². The van der Waals surface area contributed by atoms with Gasteiger partial charge in [0, 0.05) is 5.92 Å². The minimum absolute atomic E-state index is 0.557. The van der Waals surface area contributed by atoms with Gasteiger partial charge in [0.2, 0.25) is 0 Å². The Bertz CT molecular complexity index is 338. The molecule has 0 fully saturated rings. The van der Waals surface area contributed by atoms with E-state index in [2.05, 4.69) is 57.7 Å². The third-order valence-corrected chi connectivity index (χ3v) is 4.01. The molecule has 2 heteroatoms. The van der Waals surface area contributed by atoms with Crippen LogP contribution in [0.5, 0.6) is 5.75 Å². The van der Waals surface area contributed by atoms with Crippen LogP contribution in [0.2, 0.25) is 0 Å². The van der Waals surface area contributed by atoms with E-state index in [0.717, 1.165) is 24.5 Å². The van der Waals surface area contributed by atoms with Crippen LogP contribution in [-0.2, 0) is 0 Å². The second-order valence-corrected chi connectivity index (χ2v) is 5.36. The molecule has 1 nitrogen and oxygen atoms in total. The highest BCUT2D eigenvalue weighted by molar-refractivity contribution is 7.80. The highest BCUT2D eigenvalue weighted by Crippen LogP contribution is 2.28. The fourth-order valence-corrected chi connectivity index (χ4v) is 2.37. The van der Waals surface area contributed by atoms with E-state index in [1.54, 1.807) is 0 Å². The van der Waals surface area contributed by atoms with Crippen molar-refractivity contribution in [3.05, 3.63) is 29.8 Å². The van der Waals surface area contributed by atoms with Gasteiger partial charge in [0.15, 0.2) is 0 Å². The molecule has 0 aliphatic rings. The first-order chi connectivity index (χ1) is 8.72. The maximum Gasteiger partial charge on any atom is 0.122 e. The first-order valence-corrected chi connectivity index (χ1v) is 7.68. The van der Waals surface area contributed by atoms with Gasteiger partial charge in [-0.05, 0) is 36.1 Å². The average molecular weight is 266 g/mol. The Morgan fingerprint density at radius 1 is 1.22 bits per heavy atom. The van der Waals surface area contributed by atoms with Crippen molar-refractivity contribution in [2.75, 3.05) is 12.4 Å². The largest absolute Gasteiger partial charge is 0.493 e. The molecule has 1 aromatic carbocycles. The van der Waals surface area contributed by atoms with E-state index in [0.29, 0.717) is 11.8 Å². The van der Waals surface area contributed by atoms with Crippen LogP contribution in [0.1, 0.15) is 51.5 Å². The van der Waals surface area contributed by atoms with Crippen LogP contribution >= 0.6 is 12.6 Å². The van der Waals surface area contributed by atoms with E-state index in [4.69, 9.17) is 4.74 Å². The van der Waals surface area contributed by atoms with Gasteiger partial charge >= 0.3 is 0 Å². The standard InChI is InChI=1S/C16H26OS/c1-4-8-14(12-18)11-17-16-10-7-6-9-15(16)13(3)5-2/h6-7,9-10,13-14,18H,4-5,8,11-12H2,1-3H3. The summed E-state index contributed by atoms with van der Waals surface area (Å²) in [6, 6.07) is 8.41. The van der Waals surface area contributed by atoms with Crippen molar-refractivity contribution >= 4 is 12.6 Å². The van der Waals surface area contributed by atoms with Gasteiger partial charge in [-0.2, -0.15) is 12.6 Å². The summed E-state index contributed by atoms with van der Waals surface area (Å²) in [5.74, 6) is 3.07. The summed E-state index contributed by atoms with van der Waals surface area (Å²) < 4.78 is 6.02. The van der Waals surface area contributed by atoms with Crippen molar-refractivity contribution in [1.82, 2.24) is 0 Å². The fourth-order valence-electron chi connectivity index (χ4n) is 2.08. The summed E-state index contributed by atoms with van der Waals surface area (Å²) in [6.07, 6.45) is 3.53. The summed E-state index contributed by atoms with van der Waals surface area (Å²) in [5.41, 5.74) is 1.33. The Kier molecular flexibility index (Phi) is 7.26. The molecular formula is C16H26OS. The molecule has 0 radical (unpaired) electrons. The lowest BCUT2D eigenvalue weighted by atomic mass is 9.98. The zero-order chi connectivity index (χ0) is 13.4. The van der Waals surface area contributed by atoms with Crippen LogP contribution in [0.15, 0.2) is 24.3 Å². The van der Waals surface area contributed by atoms with Crippen LogP contribution < -0.4 is 4.74 Å². The normalized spacial score (nSPS) is 14.2. The second-order valence-electron chi connectivity index (χ2n) is 5.00. The molecule has 2 atom stereocenters. The molecule has 0 saturated carbocycles. The van der Waals surface area contributed by atoms with Crippen LogP contribution in [-0.4, -0.2) is 12.4 Å². The van der Waals surface area contributed by atoms with E-state index in [-0.39, 0.29) is 0 Å². The van der Waals surface area contributed by atoms with Crippen molar-refractivity contribution in [2.45, 2.75) is 46.0 Å². The van der Waals surface area contributed by atoms with Gasteiger partial charge in [-0.1, -0.05) is 45.4 Å². The van der Waals surface area contributed by atoms with Gasteiger partial charge < -0.3 is 4.74 Å². The zero-order valence-electron chi connectivity index (χ0n) is 11.9. The summed E-state index contributed by atoms with van der Waals surface area (Å²) in [4.78, 5) is 0. The Balaban J connectivity index is 2.66. The van der Waals surface area contributed by atoms with E-state index in [1.807, 2.05) is 0 Å². The van der Waals surface area contributed by atoms with E-state index in [1.165, 1.54) is 18.4 Å². The van der Waals surface area contributed by atoms with Gasteiger partial charge in [0.25, 0.3) is 0 Å². The van der Waals surface area contributed by atoms with E-state index >= 15 is 0 Å². The molecule has 0 spiro atoms. The average Bonchev–Trinajstić information content (AvgIpc) is 2.43. The molecule has 1 rings (SSSR count). The van der Waals surface area contributed by atoms with Gasteiger partial charge in [-0.3, -0.25) is 0 Å². The number of thiol groups is 1. The molecule has 0 N–H and O–H groups in total. The third kappa shape index (κ3) is 4.56. The van der Waals surface area contributed by atoms with Gasteiger partial charge in [0.1, 0.15) is 5.75 Å². The summed E-state index contributed by atoms with van der Waals surface area (Å²) in [6.45, 7) is 7.47. The number of ether oxygens (including phenoxy) is 1. The summed E-state index contributed by atoms with van der Waals surface area (Å²) in [5, 5.41) is 0. The molecule has 102 valence electrons.